The summed E-state index contributed by atoms with van der Waals surface area (Å²) in [4.78, 5) is 52.5. The van der Waals surface area contributed by atoms with Crippen molar-refractivity contribution in [2.75, 3.05) is 32.0 Å². The van der Waals surface area contributed by atoms with Crippen LogP contribution in [0.5, 0.6) is 0 Å². The average molecular weight is 423 g/mol. The molecule has 0 unspecified atom stereocenters. The van der Waals surface area contributed by atoms with Crippen molar-refractivity contribution in [3.05, 3.63) is 21.6 Å². The molecule has 4 amide bonds. The van der Waals surface area contributed by atoms with Crippen LogP contribution in [0.3, 0.4) is 0 Å². The molecule has 0 aliphatic carbocycles. The summed E-state index contributed by atoms with van der Waals surface area (Å²) in [5, 5.41) is 18.6. The minimum Gasteiger partial charge on any atom is -0.528 e. The first-order chi connectivity index (χ1) is 14.3. The molecular weight excluding hydrogens is 404 g/mol. The van der Waals surface area contributed by atoms with Crippen LogP contribution in [0.15, 0.2) is 4.79 Å². The molecular formula is C13H19B2N7O8. The Bertz CT molecular complexity index is 793. The lowest BCUT2D eigenvalue weighted by Crippen LogP contribution is -2.40. The van der Waals surface area contributed by atoms with Gasteiger partial charge >= 0.3 is 26.3 Å². The number of hydroxylamine groups is 2. The number of hydrogen-bond donors (Lipinski definition) is 6. The molecule has 1 heterocycles. The summed E-state index contributed by atoms with van der Waals surface area (Å²) in [6, 6.07) is -0.763. The van der Waals surface area contributed by atoms with Crippen molar-refractivity contribution in [3.8, 4) is 0 Å². The van der Waals surface area contributed by atoms with Crippen molar-refractivity contribution in [3.63, 3.8) is 0 Å². The molecule has 0 spiro atoms. The van der Waals surface area contributed by atoms with Gasteiger partial charge in [-0.2, -0.15) is 0 Å². The normalized spacial score (nSPS) is 10.2. The topological polar surface area (TPSA) is 196 Å². The first kappa shape index (κ1) is 24.7. The zero-order chi connectivity index (χ0) is 22.5. The van der Waals surface area contributed by atoms with E-state index in [1.807, 2.05) is 0 Å². The molecule has 0 bridgehead atoms. The van der Waals surface area contributed by atoms with Crippen LogP contribution < -0.4 is 26.8 Å². The minimum absolute atomic E-state index is 0.0495. The number of aromatic nitrogens is 2. The maximum absolute atomic E-state index is 12.2. The summed E-state index contributed by atoms with van der Waals surface area (Å²) in [6.45, 7) is 0.490. The second-order valence-corrected chi connectivity index (χ2v) is 5.39. The Morgan fingerprint density at radius 1 is 1.20 bits per heavy atom. The van der Waals surface area contributed by atoms with Gasteiger partial charge in [0.2, 0.25) is 5.95 Å². The summed E-state index contributed by atoms with van der Waals surface area (Å²) in [5.41, 5.74) is -0.0146. The Hall–Kier alpha value is -3.30. The van der Waals surface area contributed by atoms with Crippen LogP contribution in [-0.4, -0.2) is 81.2 Å². The molecule has 1 rings (SSSR count). The molecule has 0 aromatic carbocycles. The van der Waals surface area contributed by atoms with Crippen LogP contribution in [0.25, 0.3) is 0 Å². The summed E-state index contributed by atoms with van der Waals surface area (Å²) in [6.07, 6.45) is -1.74. The lowest BCUT2D eigenvalue weighted by Gasteiger charge is -2.14. The van der Waals surface area contributed by atoms with Crippen molar-refractivity contribution in [1.82, 2.24) is 31.0 Å². The predicted molar refractivity (Wildman–Crippen MR) is 100 cm³/mol. The lowest BCUT2D eigenvalue weighted by molar-refractivity contribution is -0.136. The smallest absolute Gasteiger partial charge is 0.408 e. The Labute approximate surface area is 172 Å². The number of hydrogen-bond acceptors (Lipinski definition) is 10. The predicted octanol–water partition coefficient (Wildman–Crippen LogP) is -2.06. The van der Waals surface area contributed by atoms with Crippen LogP contribution >= 0.6 is 0 Å². The zero-order valence-corrected chi connectivity index (χ0v) is 15.9. The standard InChI is InChI=1S/C13H19B2N7O8/c1-7-8(2-3-28-12(25)18-5-22(27)6-29-14)9(23)20-10(19-7)21-11(24)16-4-17-13(26)30-15/h27H,2-6H2,1H3,(H,17,26)(H,18,25)(H3,16,19,20,21,23,24). The van der Waals surface area contributed by atoms with E-state index in [0.717, 1.165) is 0 Å². The van der Waals surface area contributed by atoms with Crippen molar-refractivity contribution in [1.29, 1.82) is 0 Å². The molecule has 1 aromatic heterocycles. The molecule has 0 aliphatic heterocycles. The summed E-state index contributed by atoms with van der Waals surface area (Å²) in [7, 11) is 9.36. The number of amides is 4. The van der Waals surface area contributed by atoms with Gasteiger partial charge in [0.25, 0.3) is 13.6 Å². The van der Waals surface area contributed by atoms with E-state index >= 15 is 0 Å². The number of carbonyl (C=O) groups excluding carboxylic acids is 3. The molecule has 0 atom stereocenters. The van der Waals surface area contributed by atoms with E-state index in [1.165, 1.54) is 6.92 Å². The largest absolute Gasteiger partial charge is 0.528 e. The van der Waals surface area contributed by atoms with Crippen LogP contribution in [0.1, 0.15) is 11.3 Å². The van der Waals surface area contributed by atoms with Gasteiger partial charge in [0, 0.05) is 12.0 Å². The Morgan fingerprint density at radius 3 is 2.57 bits per heavy atom. The number of ether oxygens (including phenoxy) is 1. The van der Waals surface area contributed by atoms with Crippen molar-refractivity contribution < 1.29 is 33.6 Å². The summed E-state index contributed by atoms with van der Waals surface area (Å²) < 4.78 is 12.9. The number of anilines is 1. The number of H-pyrrole nitrogens is 1. The van der Waals surface area contributed by atoms with Crippen LogP contribution in [-0.2, 0) is 20.5 Å². The van der Waals surface area contributed by atoms with E-state index in [0.29, 0.717) is 10.8 Å². The number of nitrogens with one attached hydrogen (secondary N) is 5. The van der Waals surface area contributed by atoms with Gasteiger partial charge in [0.05, 0.1) is 19.0 Å². The molecule has 6 N–H and O–H groups in total. The van der Waals surface area contributed by atoms with Crippen molar-refractivity contribution in [2.24, 2.45) is 0 Å². The van der Waals surface area contributed by atoms with Crippen LogP contribution in [0.4, 0.5) is 20.3 Å². The molecule has 15 nitrogen and oxygen atoms in total. The van der Waals surface area contributed by atoms with E-state index in [9.17, 15) is 24.4 Å². The highest BCUT2D eigenvalue weighted by molar-refractivity contribution is 6.05. The number of rotatable bonds is 10. The Balaban J connectivity index is 2.48. The van der Waals surface area contributed by atoms with Gasteiger partial charge in [-0.25, -0.2) is 19.4 Å². The first-order valence-corrected chi connectivity index (χ1v) is 8.22. The SMILES string of the molecule is [B]OCN(O)CNC(=O)OCCc1c(C)nc(NC(=O)NCNC(=O)O[B])[nH]c1=O. The number of aryl methyl sites for hydroxylation is 1. The molecule has 30 heavy (non-hydrogen) atoms. The average Bonchev–Trinajstić information content (AvgIpc) is 2.68. The number of aromatic amines is 1. The minimum atomic E-state index is -0.948. The monoisotopic (exact) mass is 423 g/mol. The molecule has 0 fully saturated rings. The summed E-state index contributed by atoms with van der Waals surface area (Å²) in [5.74, 6) is -0.135. The molecule has 1 aromatic rings. The highest BCUT2D eigenvalue weighted by atomic mass is 16.6. The van der Waals surface area contributed by atoms with Gasteiger partial charge in [0.15, 0.2) is 0 Å². The fraction of sp³-hybridized carbons (Fsp3) is 0.462. The van der Waals surface area contributed by atoms with Crippen LogP contribution in [0, 0.1) is 6.92 Å². The highest BCUT2D eigenvalue weighted by Gasteiger charge is 2.12. The van der Waals surface area contributed by atoms with Crippen molar-refractivity contribution in [2.45, 2.75) is 13.3 Å². The molecule has 0 saturated carbocycles. The zero-order valence-electron chi connectivity index (χ0n) is 15.9. The number of urea groups is 1. The van der Waals surface area contributed by atoms with Crippen molar-refractivity contribution >= 4 is 40.3 Å². The quantitative estimate of drug-likeness (QED) is 0.138. The number of carbonyl (C=O) groups is 3. The number of alkyl carbamates (subject to hydrolysis) is 1. The third-order valence-corrected chi connectivity index (χ3v) is 3.26. The fourth-order valence-electron chi connectivity index (χ4n) is 1.94. The maximum Gasteiger partial charge on any atom is 0.408 e. The van der Waals surface area contributed by atoms with Gasteiger partial charge in [-0.05, 0) is 6.92 Å². The van der Waals surface area contributed by atoms with Gasteiger partial charge in [-0.15, -0.1) is 5.06 Å². The van der Waals surface area contributed by atoms with E-state index in [4.69, 9.17) is 12.8 Å². The van der Waals surface area contributed by atoms with Gasteiger partial charge in [-0.3, -0.25) is 15.1 Å². The fourth-order valence-corrected chi connectivity index (χ4v) is 1.94. The van der Waals surface area contributed by atoms with E-state index in [-0.39, 0.29) is 44.6 Å². The molecule has 0 aliphatic rings. The molecule has 4 radical (unpaired) electrons. The van der Waals surface area contributed by atoms with E-state index in [1.54, 1.807) is 0 Å². The number of nitrogens with zero attached hydrogens (tertiary/aromatic N) is 2. The van der Waals surface area contributed by atoms with E-state index in [2.05, 4.69) is 48.6 Å². The third kappa shape index (κ3) is 9.26. The van der Waals surface area contributed by atoms with Gasteiger partial charge in [-0.1, -0.05) is 0 Å². The second kappa shape index (κ2) is 13.0. The molecule has 0 saturated heterocycles. The highest BCUT2D eigenvalue weighted by Crippen LogP contribution is 2.04. The second-order valence-electron chi connectivity index (χ2n) is 5.39. The lowest BCUT2D eigenvalue weighted by atomic mass is 10.2. The molecule has 160 valence electrons. The Kier molecular flexibility index (Phi) is 10.7. The third-order valence-electron chi connectivity index (χ3n) is 3.26. The van der Waals surface area contributed by atoms with Gasteiger partial charge < -0.3 is 35.2 Å². The Morgan fingerprint density at radius 2 is 1.93 bits per heavy atom. The van der Waals surface area contributed by atoms with Crippen LogP contribution in [0.2, 0.25) is 0 Å². The maximum atomic E-state index is 12.2. The summed E-state index contributed by atoms with van der Waals surface area (Å²) >= 11 is 0. The molecule has 17 heteroatoms. The van der Waals surface area contributed by atoms with Gasteiger partial charge in [0.1, 0.15) is 13.4 Å². The first-order valence-electron chi connectivity index (χ1n) is 8.22. The van der Waals surface area contributed by atoms with E-state index < -0.39 is 23.8 Å².